The Balaban J connectivity index is 0.000000270. The van der Waals surface area contributed by atoms with Gasteiger partial charge in [0, 0.05) is 28.0 Å². The summed E-state index contributed by atoms with van der Waals surface area (Å²) in [6.45, 7) is 29.0. The van der Waals surface area contributed by atoms with E-state index in [1.54, 1.807) is 23.9 Å². The Kier molecular flexibility index (Phi) is 14.8. The van der Waals surface area contributed by atoms with Gasteiger partial charge in [0.25, 0.3) is 0 Å². The fourth-order valence-corrected chi connectivity index (χ4v) is 6.77. The Morgan fingerprint density at radius 3 is 1.44 bits per heavy atom. The maximum absolute atomic E-state index is 13.1. The van der Waals surface area contributed by atoms with E-state index in [-0.39, 0.29) is 33.2 Å². The van der Waals surface area contributed by atoms with Gasteiger partial charge in [0.1, 0.15) is 5.03 Å². The third-order valence-electron chi connectivity index (χ3n) is 8.88. The van der Waals surface area contributed by atoms with Crippen LogP contribution in [0.3, 0.4) is 0 Å². The summed E-state index contributed by atoms with van der Waals surface area (Å²) in [5.74, 6) is 1.81. The van der Waals surface area contributed by atoms with Crippen LogP contribution in [0.15, 0.2) is 158 Å². The van der Waals surface area contributed by atoms with Gasteiger partial charge in [-0.2, -0.15) is 10.2 Å². The molecule has 1 atom stereocenters. The molecule has 2 aromatic rings. The minimum atomic E-state index is -0.172. The van der Waals surface area contributed by atoms with E-state index in [0.29, 0.717) is 11.6 Å². The van der Waals surface area contributed by atoms with Crippen LogP contribution in [-0.2, 0) is 9.59 Å². The molecule has 2 aromatic carbocycles. The van der Waals surface area contributed by atoms with Gasteiger partial charge < -0.3 is 0 Å². The molecule has 5 rings (SSSR count). The molecule has 0 bridgehead atoms. The number of para-hydroxylation sites is 1. The first kappa shape index (κ1) is 43.9. The molecule has 0 amide bonds. The average molecular weight is 745 g/mol. The van der Waals surface area contributed by atoms with E-state index in [0.717, 1.165) is 56.3 Å². The highest BCUT2D eigenvalue weighted by molar-refractivity contribution is 8.03. The lowest BCUT2D eigenvalue weighted by atomic mass is 9.72. The summed E-state index contributed by atoms with van der Waals surface area (Å²) in [7, 11) is 0. The fraction of sp³-hybridized carbons (Fsp3) is 0.404. The fourth-order valence-electron chi connectivity index (χ4n) is 5.77. The third kappa shape index (κ3) is 13.1. The molecule has 54 heavy (non-hydrogen) atoms. The average Bonchev–Trinajstić information content (AvgIpc) is 3.55. The van der Waals surface area contributed by atoms with Crippen molar-refractivity contribution in [1.29, 1.82) is 5.53 Å². The number of Topliss-reactive ketones (excluding diaryl/α,β-unsaturated/α-hetero) is 2. The zero-order valence-corrected chi connectivity index (χ0v) is 35.3. The second-order valence-electron chi connectivity index (χ2n) is 18.0. The van der Waals surface area contributed by atoms with Crippen LogP contribution in [0.4, 0.5) is 11.4 Å². The van der Waals surface area contributed by atoms with Crippen molar-refractivity contribution in [2.45, 2.75) is 89.5 Å². The summed E-state index contributed by atoms with van der Waals surface area (Å²) in [5, 5.41) is 12.9. The van der Waals surface area contributed by atoms with Crippen molar-refractivity contribution in [2.75, 3.05) is 5.75 Å². The maximum atomic E-state index is 13.1. The lowest BCUT2D eigenvalue weighted by Gasteiger charge is -2.31. The molecule has 7 heteroatoms. The standard InChI is InChI=1S/C26H32N2OS.C15H22O.C6H6N2/c1-25(2,3)21-14-18(15-22(24(21)29)26(4,5)6)12-13-19-16-23(30-17-19)28-27-20-10-8-7-9-11-20;1-10-8-11(14(2,3)4)13(16)12(9-10)15(5,6)7;7-8-6-4-2-1-3-5-6/h7-12,14-16,19H,13,17H2,1-6H3;8-9H,1H2,2-7H3;1-5,7H. The first-order valence-corrected chi connectivity index (χ1v) is 19.6. The number of carbonyl (C=O) groups is 2. The number of carbonyl (C=O) groups excluding carboxylic acids is 2. The van der Waals surface area contributed by atoms with Crippen LogP contribution in [-0.4, -0.2) is 17.3 Å². The van der Waals surface area contributed by atoms with Crippen LogP contribution in [0.25, 0.3) is 0 Å². The first-order chi connectivity index (χ1) is 25.0. The molecule has 1 N–H and O–H groups in total. The summed E-state index contributed by atoms with van der Waals surface area (Å²) < 4.78 is 0. The molecule has 1 aliphatic heterocycles. The van der Waals surface area contributed by atoms with Crippen molar-refractivity contribution in [3.05, 3.63) is 142 Å². The number of thioether (sulfide) groups is 1. The van der Waals surface area contributed by atoms with Gasteiger partial charge in [-0.15, -0.1) is 16.9 Å². The molecule has 286 valence electrons. The second-order valence-corrected chi connectivity index (χ2v) is 19.0. The molecule has 0 aromatic heterocycles. The van der Waals surface area contributed by atoms with E-state index >= 15 is 0 Å². The van der Waals surface area contributed by atoms with E-state index in [1.807, 2.05) is 60.7 Å². The van der Waals surface area contributed by atoms with Gasteiger partial charge in [-0.3, -0.25) is 9.59 Å². The lowest BCUT2D eigenvalue weighted by Crippen LogP contribution is -2.27. The smallest absolute Gasteiger partial charge is 0.186 e. The van der Waals surface area contributed by atoms with Crippen molar-refractivity contribution < 1.29 is 9.59 Å². The number of hydrogen-bond donors (Lipinski definition) is 1. The molecule has 1 heterocycles. The van der Waals surface area contributed by atoms with Crippen molar-refractivity contribution in [3.63, 3.8) is 0 Å². The second kappa shape index (κ2) is 18.2. The highest BCUT2D eigenvalue weighted by atomic mass is 32.2. The number of azo groups is 1. The van der Waals surface area contributed by atoms with E-state index in [9.17, 15) is 9.59 Å². The number of nitrogens with one attached hydrogen (secondary N) is 1. The van der Waals surface area contributed by atoms with Crippen molar-refractivity contribution >= 4 is 34.7 Å². The number of hydrogen-bond acceptors (Lipinski definition) is 7. The predicted octanol–water partition coefficient (Wildman–Crippen LogP) is 14.2. The minimum Gasteiger partial charge on any atom is -0.289 e. The molecule has 0 spiro atoms. The molecule has 1 unspecified atom stereocenters. The largest absolute Gasteiger partial charge is 0.289 e. The Hall–Kier alpha value is -4.49. The van der Waals surface area contributed by atoms with Crippen LogP contribution in [0.5, 0.6) is 0 Å². The van der Waals surface area contributed by atoms with Crippen LogP contribution in [0.2, 0.25) is 0 Å². The zero-order valence-electron chi connectivity index (χ0n) is 34.5. The van der Waals surface area contributed by atoms with E-state index < -0.39 is 0 Å². The number of nitrogens with zero attached hydrogens (tertiary/aromatic N) is 3. The SMILES string of the molecule is C=C1C=C(C(C)(C)C)C(=O)C(C(C)(C)C)=C1.CC(C)(C)C1=CC(=CCC2C=C(N=Nc3ccccc3)SC2)C=C(C(C)(C)C)C1=O.N=Nc1ccccc1. The topological polar surface area (TPSA) is 95.1 Å². The van der Waals surface area contributed by atoms with E-state index in [4.69, 9.17) is 5.53 Å². The monoisotopic (exact) mass is 744 g/mol. The van der Waals surface area contributed by atoms with E-state index in [1.165, 1.54) is 0 Å². The predicted molar refractivity (Wildman–Crippen MR) is 228 cm³/mol. The summed E-state index contributed by atoms with van der Waals surface area (Å²) in [4.78, 5) is 25.4. The summed E-state index contributed by atoms with van der Waals surface area (Å²) in [6.07, 6.45) is 13.4. The summed E-state index contributed by atoms with van der Waals surface area (Å²) in [5.41, 5.74) is 13.2. The van der Waals surface area contributed by atoms with Gasteiger partial charge in [-0.25, -0.2) is 5.53 Å². The van der Waals surface area contributed by atoms with Gasteiger partial charge in [-0.05, 0) is 99.8 Å². The zero-order chi connectivity index (χ0) is 40.5. The van der Waals surface area contributed by atoms with Crippen LogP contribution >= 0.6 is 11.8 Å². The Bertz CT molecular complexity index is 1840. The first-order valence-electron chi connectivity index (χ1n) is 18.6. The molecular formula is C47H60N4O2S. The van der Waals surface area contributed by atoms with Crippen LogP contribution in [0, 0.1) is 33.1 Å². The van der Waals surface area contributed by atoms with Gasteiger partial charge in [0.05, 0.1) is 11.4 Å². The quantitative estimate of drug-likeness (QED) is 0.309. The highest BCUT2D eigenvalue weighted by Gasteiger charge is 2.35. The Morgan fingerprint density at radius 1 is 0.648 bits per heavy atom. The molecule has 0 saturated heterocycles. The van der Waals surface area contributed by atoms with Crippen molar-refractivity contribution in [3.8, 4) is 0 Å². The van der Waals surface area contributed by atoms with E-state index in [2.05, 4.69) is 129 Å². The molecule has 6 nitrogen and oxygen atoms in total. The number of rotatable bonds is 5. The minimum absolute atomic E-state index is 0.120. The van der Waals surface area contributed by atoms with Crippen molar-refractivity contribution in [1.82, 2.24) is 0 Å². The Labute approximate surface area is 329 Å². The number of benzene rings is 2. The molecule has 0 saturated carbocycles. The van der Waals surface area contributed by atoms with Gasteiger partial charge in [-0.1, -0.05) is 132 Å². The number of ketones is 2. The number of allylic oxidation sites excluding steroid dienone is 12. The molecular weight excluding hydrogens is 685 g/mol. The van der Waals surface area contributed by atoms with Crippen molar-refractivity contribution in [2.24, 2.45) is 42.9 Å². The molecule has 0 fully saturated rings. The molecule has 0 radical (unpaired) electrons. The summed E-state index contributed by atoms with van der Waals surface area (Å²) in [6, 6.07) is 19.0. The van der Waals surface area contributed by atoms with Crippen LogP contribution < -0.4 is 0 Å². The lowest BCUT2D eigenvalue weighted by molar-refractivity contribution is -0.114. The maximum Gasteiger partial charge on any atom is 0.186 e. The third-order valence-corrected chi connectivity index (χ3v) is 9.99. The normalized spacial score (nSPS) is 18.0. The Morgan fingerprint density at radius 2 is 1.06 bits per heavy atom. The highest BCUT2D eigenvalue weighted by Crippen LogP contribution is 2.41. The summed E-state index contributed by atoms with van der Waals surface area (Å²) >= 11 is 1.75. The van der Waals surface area contributed by atoms with Crippen LogP contribution in [0.1, 0.15) is 89.5 Å². The molecule has 3 aliphatic rings. The van der Waals surface area contributed by atoms with Gasteiger partial charge >= 0.3 is 0 Å². The van der Waals surface area contributed by atoms with Gasteiger partial charge in [0.2, 0.25) is 0 Å². The molecule has 2 aliphatic carbocycles. The van der Waals surface area contributed by atoms with Gasteiger partial charge in [0.15, 0.2) is 11.6 Å².